The minimum atomic E-state index is -5.08. The molecule has 12 heteroatoms. The monoisotopic (exact) mass is 410 g/mol. The van der Waals surface area contributed by atoms with Gasteiger partial charge in [-0.3, -0.25) is 4.79 Å². The number of aryl methyl sites for hydroxylation is 1. The van der Waals surface area contributed by atoms with E-state index in [1.165, 1.54) is 0 Å². The summed E-state index contributed by atoms with van der Waals surface area (Å²) in [5.74, 6) is -2.41. The molecule has 2 atom stereocenters. The number of alkyl halides is 3. The minimum Gasteiger partial charge on any atom is -0.475 e. The lowest BCUT2D eigenvalue weighted by Crippen LogP contribution is -2.48. The molecular weight excluding hydrogens is 389 g/mol. The van der Waals surface area contributed by atoms with E-state index in [9.17, 15) is 18.0 Å². The van der Waals surface area contributed by atoms with Crippen LogP contribution in [0.15, 0.2) is 0 Å². The molecule has 3 rings (SSSR count). The number of nitrogens with one attached hydrogen (secondary N) is 1. The second-order valence-corrected chi connectivity index (χ2v) is 7.94. The zero-order valence-corrected chi connectivity index (χ0v) is 15.9. The molecule has 2 fully saturated rings. The number of hydrogen-bond donors (Lipinski definition) is 2. The van der Waals surface area contributed by atoms with Crippen molar-refractivity contribution in [3.05, 3.63) is 5.01 Å². The van der Waals surface area contributed by atoms with Gasteiger partial charge in [-0.25, -0.2) is 4.79 Å². The van der Waals surface area contributed by atoms with E-state index in [2.05, 4.69) is 20.4 Å². The fourth-order valence-corrected chi connectivity index (χ4v) is 3.72. The lowest BCUT2D eigenvalue weighted by molar-refractivity contribution is -0.192. The van der Waals surface area contributed by atoms with Crippen molar-refractivity contribution >= 4 is 28.3 Å². The van der Waals surface area contributed by atoms with Crippen LogP contribution in [0.4, 0.5) is 18.3 Å². The zero-order chi connectivity index (χ0) is 20.4. The lowest BCUT2D eigenvalue weighted by Gasteiger charge is -2.26. The number of rotatable bonds is 3. The van der Waals surface area contributed by atoms with Crippen molar-refractivity contribution in [1.82, 2.24) is 15.5 Å². The van der Waals surface area contributed by atoms with Crippen LogP contribution in [-0.4, -0.2) is 65.7 Å². The summed E-state index contributed by atoms with van der Waals surface area (Å²) in [4.78, 5) is 23.7. The molecule has 0 aliphatic carbocycles. The molecule has 0 saturated carbocycles. The highest BCUT2D eigenvalue weighted by Crippen LogP contribution is 2.43. The summed E-state index contributed by atoms with van der Waals surface area (Å²) in [6, 6.07) is 0.149. The Balaban J connectivity index is 0.000000321. The van der Waals surface area contributed by atoms with Gasteiger partial charge in [0.2, 0.25) is 11.0 Å². The van der Waals surface area contributed by atoms with Crippen molar-refractivity contribution < 1.29 is 32.6 Å². The normalized spacial score (nSPS) is 24.4. The van der Waals surface area contributed by atoms with Crippen molar-refractivity contribution in [3.63, 3.8) is 0 Å². The Hall–Kier alpha value is -1.95. The Bertz CT molecular complexity index is 697. The molecule has 1 aromatic heterocycles. The van der Waals surface area contributed by atoms with Crippen molar-refractivity contribution in [2.24, 2.45) is 11.3 Å². The SMILES string of the molecule is Cc1nnc(N2C[C@@H]3COC[C@]3(C(=O)NC(C)C)C2)s1.O=C(O)C(F)(F)F. The molecule has 0 spiro atoms. The van der Waals surface area contributed by atoms with Crippen LogP contribution in [0, 0.1) is 18.3 Å². The second-order valence-electron chi connectivity index (χ2n) is 6.78. The third kappa shape index (κ3) is 4.86. The van der Waals surface area contributed by atoms with Gasteiger partial charge in [-0.05, 0) is 20.8 Å². The molecule has 0 bridgehead atoms. The maximum Gasteiger partial charge on any atom is 0.490 e. The van der Waals surface area contributed by atoms with Crippen LogP contribution in [0.25, 0.3) is 0 Å². The summed E-state index contributed by atoms with van der Waals surface area (Å²) in [5.41, 5.74) is -0.427. The Morgan fingerprint density at radius 1 is 1.41 bits per heavy atom. The van der Waals surface area contributed by atoms with Crippen molar-refractivity contribution in [2.75, 3.05) is 31.2 Å². The maximum absolute atomic E-state index is 12.6. The molecule has 27 heavy (non-hydrogen) atoms. The smallest absolute Gasteiger partial charge is 0.475 e. The lowest BCUT2D eigenvalue weighted by atomic mass is 9.80. The Morgan fingerprint density at radius 3 is 2.52 bits per heavy atom. The number of ether oxygens (including phenoxy) is 1. The summed E-state index contributed by atoms with van der Waals surface area (Å²) in [6.45, 7) is 8.57. The average Bonchev–Trinajstić information content (AvgIpc) is 3.19. The highest BCUT2D eigenvalue weighted by molar-refractivity contribution is 7.15. The Kier molecular flexibility index (Phi) is 6.30. The number of carbonyl (C=O) groups excluding carboxylic acids is 1. The summed E-state index contributed by atoms with van der Waals surface area (Å²) < 4.78 is 37.3. The number of aliphatic carboxylic acids is 1. The van der Waals surface area contributed by atoms with Gasteiger partial charge < -0.3 is 20.1 Å². The second kappa shape index (κ2) is 7.97. The molecule has 0 radical (unpaired) electrons. The van der Waals surface area contributed by atoms with Crippen LogP contribution >= 0.6 is 11.3 Å². The molecule has 2 N–H and O–H groups in total. The predicted molar refractivity (Wildman–Crippen MR) is 90.6 cm³/mol. The Labute approximate surface area is 157 Å². The molecule has 1 aromatic rings. The zero-order valence-electron chi connectivity index (χ0n) is 15.0. The third-order valence-corrected chi connectivity index (χ3v) is 5.17. The molecule has 2 aliphatic rings. The van der Waals surface area contributed by atoms with Crippen LogP contribution < -0.4 is 10.2 Å². The molecule has 0 aromatic carbocycles. The molecule has 1 amide bonds. The van der Waals surface area contributed by atoms with Gasteiger partial charge in [0.1, 0.15) is 5.01 Å². The maximum atomic E-state index is 12.6. The van der Waals surface area contributed by atoms with E-state index in [1.807, 2.05) is 20.8 Å². The fraction of sp³-hybridized carbons (Fsp3) is 0.733. The van der Waals surface area contributed by atoms with Gasteiger partial charge in [-0.1, -0.05) is 11.3 Å². The van der Waals surface area contributed by atoms with E-state index in [-0.39, 0.29) is 17.9 Å². The fourth-order valence-electron chi connectivity index (χ4n) is 3.02. The summed E-state index contributed by atoms with van der Waals surface area (Å²) >= 11 is 1.58. The van der Waals surface area contributed by atoms with Gasteiger partial charge in [0, 0.05) is 25.0 Å². The molecule has 3 heterocycles. The molecule has 2 aliphatic heterocycles. The van der Waals surface area contributed by atoms with E-state index < -0.39 is 17.6 Å². The summed E-state index contributed by atoms with van der Waals surface area (Å²) in [5, 5.41) is 20.3. The largest absolute Gasteiger partial charge is 0.490 e. The van der Waals surface area contributed by atoms with Crippen LogP contribution in [0.5, 0.6) is 0 Å². The van der Waals surface area contributed by atoms with Crippen molar-refractivity contribution in [3.8, 4) is 0 Å². The number of anilines is 1. The number of halogens is 3. The average molecular weight is 410 g/mol. The number of carbonyl (C=O) groups is 2. The van der Waals surface area contributed by atoms with E-state index >= 15 is 0 Å². The highest BCUT2D eigenvalue weighted by atomic mass is 32.1. The summed E-state index contributed by atoms with van der Waals surface area (Å²) in [7, 11) is 0. The first-order valence-corrected chi connectivity index (χ1v) is 9.01. The first-order valence-electron chi connectivity index (χ1n) is 8.19. The molecule has 152 valence electrons. The standard InChI is InChI=1S/C13H20N4O2S.C2HF3O2/c1-8(2)14-11(18)13-6-17(4-10(13)5-19-7-13)12-16-15-9(3)20-12;3-2(4,5)1(6)7/h8,10H,4-7H2,1-3H3,(H,14,18);(H,6,7)/t10-,13-;/m1./s1. The third-order valence-electron chi connectivity index (χ3n) is 4.27. The van der Waals surface area contributed by atoms with E-state index in [1.54, 1.807) is 11.3 Å². The number of amides is 1. The van der Waals surface area contributed by atoms with E-state index in [0.717, 1.165) is 16.7 Å². The van der Waals surface area contributed by atoms with Crippen LogP contribution in [0.3, 0.4) is 0 Å². The van der Waals surface area contributed by atoms with Gasteiger partial charge in [0.25, 0.3) is 0 Å². The Morgan fingerprint density at radius 2 is 2.04 bits per heavy atom. The van der Waals surface area contributed by atoms with E-state index in [4.69, 9.17) is 14.6 Å². The van der Waals surface area contributed by atoms with Crippen LogP contribution in [0.2, 0.25) is 0 Å². The first kappa shape index (κ1) is 21.4. The quantitative estimate of drug-likeness (QED) is 0.777. The summed E-state index contributed by atoms with van der Waals surface area (Å²) in [6.07, 6.45) is -5.08. The topological polar surface area (TPSA) is 105 Å². The van der Waals surface area contributed by atoms with Crippen LogP contribution in [0.1, 0.15) is 18.9 Å². The molecule has 2 saturated heterocycles. The number of nitrogens with zero attached hydrogens (tertiary/aromatic N) is 3. The van der Waals surface area contributed by atoms with Crippen molar-refractivity contribution in [2.45, 2.75) is 33.0 Å². The number of hydrogen-bond acceptors (Lipinski definition) is 7. The first-order chi connectivity index (χ1) is 12.5. The number of carboxylic acid groups (broad SMARTS) is 1. The molecular formula is C15H21F3N4O4S. The van der Waals surface area contributed by atoms with E-state index in [0.29, 0.717) is 19.8 Å². The molecule has 8 nitrogen and oxygen atoms in total. The van der Waals surface area contributed by atoms with Gasteiger partial charge in [-0.15, -0.1) is 10.2 Å². The highest BCUT2D eigenvalue weighted by Gasteiger charge is 2.56. The van der Waals surface area contributed by atoms with Crippen LogP contribution in [-0.2, 0) is 14.3 Å². The minimum absolute atomic E-state index is 0.110. The van der Waals surface area contributed by atoms with Crippen molar-refractivity contribution in [1.29, 1.82) is 0 Å². The molecule has 0 unspecified atom stereocenters. The van der Waals surface area contributed by atoms with Gasteiger partial charge in [-0.2, -0.15) is 13.2 Å². The number of carboxylic acids is 1. The number of aromatic nitrogens is 2. The van der Waals surface area contributed by atoms with Gasteiger partial charge >= 0.3 is 12.1 Å². The number of fused-ring (bicyclic) bond motifs is 1. The van der Waals surface area contributed by atoms with Gasteiger partial charge in [0.15, 0.2) is 0 Å². The predicted octanol–water partition coefficient (Wildman–Crippen LogP) is 1.46. The van der Waals surface area contributed by atoms with Gasteiger partial charge in [0.05, 0.1) is 18.6 Å².